The van der Waals surface area contributed by atoms with Crippen LogP contribution in [-0.2, 0) is 0 Å². The first-order valence-corrected chi connectivity index (χ1v) is 5.13. The van der Waals surface area contributed by atoms with E-state index >= 15 is 0 Å². The number of hydrogen-bond acceptors (Lipinski definition) is 3. The molecular formula is C11H18N4. The van der Waals surface area contributed by atoms with Gasteiger partial charge >= 0.3 is 0 Å². The molecule has 0 fully saturated rings. The Balaban J connectivity index is 2.92. The summed E-state index contributed by atoms with van der Waals surface area (Å²) >= 11 is 0. The highest BCUT2D eigenvalue weighted by atomic mass is 15.1. The minimum Gasteiger partial charge on any atom is -0.382 e. The summed E-state index contributed by atoms with van der Waals surface area (Å²) in [4.78, 5) is 6.37. The highest BCUT2D eigenvalue weighted by molar-refractivity contribution is 5.93. The van der Waals surface area contributed by atoms with Gasteiger partial charge in [0.25, 0.3) is 0 Å². The van der Waals surface area contributed by atoms with Crippen LogP contribution in [0.15, 0.2) is 18.3 Å². The van der Waals surface area contributed by atoms with Crippen molar-refractivity contribution >= 4 is 11.5 Å². The number of anilines is 1. The van der Waals surface area contributed by atoms with E-state index in [1.807, 2.05) is 6.07 Å². The normalized spacial score (nSPS) is 10.4. The Morgan fingerprint density at radius 3 is 2.53 bits per heavy atom. The summed E-state index contributed by atoms with van der Waals surface area (Å²) in [5.41, 5.74) is 6.93. The number of nitrogens with two attached hydrogens (primary N) is 1. The summed E-state index contributed by atoms with van der Waals surface area (Å²) in [7, 11) is 0. The van der Waals surface area contributed by atoms with E-state index in [2.05, 4.69) is 30.7 Å². The van der Waals surface area contributed by atoms with Gasteiger partial charge in [0, 0.05) is 12.6 Å². The second kappa shape index (κ2) is 4.77. The van der Waals surface area contributed by atoms with Crippen molar-refractivity contribution in [1.82, 2.24) is 4.98 Å². The predicted molar refractivity (Wildman–Crippen MR) is 63.4 cm³/mol. The third-order valence-electron chi connectivity index (χ3n) is 2.32. The van der Waals surface area contributed by atoms with Crippen LogP contribution in [0.25, 0.3) is 0 Å². The molecular weight excluding hydrogens is 188 g/mol. The molecule has 0 aliphatic heterocycles. The van der Waals surface area contributed by atoms with Gasteiger partial charge in [-0.2, -0.15) is 0 Å². The van der Waals surface area contributed by atoms with Gasteiger partial charge in [0.05, 0.1) is 11.9 Å². The van der Waals surface area contributed by atoms with Crippen molar-refractivity contribution in [2.24, 2.45) is 5.73 Å². The lowest BCUT2D eigenvalue weighted by Gasteiger charge is -2.27. The second-order valence-electron chi connectivity index (χ2n) is 3.70. The van der Waals surface area contributed by atoms with Gasteiger partial charge in [-0.05, 0) is 32.9 Å². The smallest absolute Gasteiger partial charge is 0.141 e. The Morgan fingerprint density at radius 1 is 1.53 bits per heavy atom. The molecule has 4 nitrogen and oxygen atoms in total. The molecule has 0 bridgehead atoms. The highest BCUT2D eigenvalue weighted by Crippen LogP contribution is 2.15. The summed E-state index contributed by atoms with van der Waals surface area (Å²) < 4.78 is 0. The first-order chi connectivity index (χ1) is 7.06. The molecule has 3 N–H and O–H groups in total. The average Bonchev–Trinajstić information content (AvgIpc) is 2.19. The number of aromatic nitrogens is 1. The van der Waals surface area contributed by atoms with Gasteiger partial charge in [0.1, 0.15) is 11.5 Å². The van der Waals surface area contributed by atoms with E-state index in [1.165, 1.54) is 0 Å². The van der Waals surface area contributed by atoms with Crippen molar-refractivity contribution in [3.63, 3.8) is 0 Å². The van der Waals surface area contributed by atoms with Crippen LogP contribution in [-0.4, -0.2) is 23.4 Å². The lowest BCUT2D eigenvalue weighted by molar-refractivity contribution is 0.702. The molecule has 0 aliphatic rings. The average molecular weight is 206 g/mol. The summed E-state index contributed by atoms with van der Waals surface area (Å²) in [6, 6.07) is 4.18. The number of pyridine rings is 1. The van der Waals surface area contributed by atoms with E-state index in [0.29, 0.717) is 11.7 Å². The number of amidine groups is 1. The number of hydrogen-bond donors (Lipinski definition) is 2. The number of rotatable bonds is 4. The molecule has 0 saturated carbocycles. The van der Waals surface area contributed by atoms with Gasteiger partial charge in [-0.3, -0.25) is 10.4 Å². The Morgan fingerprint density at radius 2 is 2.20 bits per heavy atom. The minimum absolute atomic E-state index is 0.00847. The lowest BCUT2D eigenvalue weighted by atomic mass is 10.2. The van der Waals surface area contributed by atoms with Crippen molar-refractivity contribution in [3.05, 3.63) is 24.0 Å². The fraction of sp³-hybridized carbons (Fsp3) is 0.455. The quantitative estimate of drug-likeness (QED) is 0.581. The standard InChI is InChI=1S/C11H18N4/c1-4-15(8(2)3)9-5-6-10(11(12)13)14-7-9/h5-8H,4H2,1-3H3,(H3,12,13). The van der Waals surface area contributed by atoms with Crippen LogP contribution in [0.2, 0.25) is 0 Å². The third-order valence-corrected chi connectivity index (χ3v) is 2.32. The fourth-order valence-electron chi connectivity index (χ4n) is 1.56. The monoisotopic (exact) mass is 206 g/mol. The molecule has 0 aliphatic carbocycles. The van der Waals surface area contributed by atoms with Crippen molar-refractivity contribution in [3.8, 4) is 0 Å². The Hall–Kier alpha value is -1.58. The van der Waals surface area contributed by atoms with E-state index < -0.39 is 0 Å². The molecule has 4 heteroatoms. The molecule has 0 atom stereocenters. The maximum Gasteiger partial charge on any atom is 0.141 e. The minimum atomic E-state index is 0.00847. The molecule has 0 spiro atoms. The van der Waals surface area contributed by atoms with Gasteiger partial charge < -0.3 is 10.6 Å². The van der Waals surface area contributed by atoms with Crippen molar-refractivity contribution in [2.45, 2.75) is 26.8 Å². The van der Waals surface area contributed by atoms with Crippen LogP contribution >= 0.6 is 0 Å². The zero-order valence-corrected chi connectivity index (χ0v) is 9.49. The Kier molecular flexibility index (Phi) is 3.66. The van der Waals surface area contributed by atoms with Crippen molar-refractivity contribution in [1.29, 1.82) is 5.41 Å². The maximum atomic E-state index is 7.24. The number of nitrogen functional groups attached to an aromatic ring is 1. The maximum absolute atomic E-state index is 7.24. The Labute approximate surface area is 90.6 Å². The van der Waals surface area contributed by atoms with Crippen LogP contribution in [0.4, 0.5) is 5.69 Å². The van der Waals surface area contributed by atoms with Gasteiger partial charge in [-0.25, -0.2) is 0 Å². The molecule has 1 aromatic rings. The molecule has 1 rings (SSSR count). The summed E-state index contributed by atoms with van der Waals surface area (Å²) in [6.45, 7) is 7.34. The van der Waals surface area contributed by atoms with E-state index in [4.69, 9.17) is 11.1 Å². The SMILES string of the molecule is CCN(c1ccc(C(=N)N)nc1)C(C)C. The lowest BCUT2D eigenvalue weighted by Crippen LogP contribution is -2.30. The third kappa shape index (κ3) is 2.68. The van der Waals surface area contributed by atoms with Crippen molar-refractivity contribution in [2.75, 3.05) is 11.4 Å². The zero-order valence-electron chi connectivity index (χ0n) is 9.49. The molecule has 0 radical (unpaired) electrons. The van der Waals surface area contributed by atoms with Gasteiger partial charge in [-0.1, -0.05) is 0 Å². The van der Waals surface area contributed by atoms with E-state index in [-0.39, 0.29) is 5.84 Å². The summed E-state index contributed by atoms with van der Waals surface area (Å²) in [5.74, 6) is 0.00847. The molecule has 1 heterocycles. The van der Waals surface area contributed by atoms with E-state index in [9.17, 15) is 0 Å². The number of nitrogens with one attached hydrogen (secondary N) is 1. The molecule has 0 amide bonds. The molecule has 0 saturated heterocycles. The highest BCUT2D eigenvalue weighted by Gasteiger charge is 2.08. The Bertz CT molecular complexity index is 329. The fourth-order valence-corrected chi connectivity index (χ4v) is 1.56. The molecule has 1 aromatic heterocycles. The molecule has 15 heavy (non-hydrogen) atoms. The van der Waals surface area contributed by atoms with E-state index in [1.54, 1.807) is 12.3 Å². The second-order valence-corrected chi connectivity index (χ2v) is 3.70. The zero-order chi connectivity index (χ0) is 11.4. The topological polar surface area (TPSA) is 66.0 Å². The van der Waals surface area contributed by atoms with Crippen LogP contribution in [0, 0.1) is 5.41 Å². The summed E-state index contributed by atoms with van der Waals surface area (Å²) in [6.07, 6.45) is 1.76. The molecule has 0 unspecified atom stereocenters. The predicted octanol–water partition coefficient (Wildman–Crippen LogP) is 1.60. The largest absolute Gasteiger partial charge is 0.382 e. The first kappa shape index (κ1) is 11.5. The van der Waals surface area contributed by atoms with E-state index in [0.717, 1.165) is 12.2 Å². The number of nitrogens with zero attached hydrogens (tertiary/aromatic N) is 2. The van der Waals surface area contributed by atoms with Gasteiger partial charge in [0.2, 0.25) is 0 Å². The molecule has 0 aromatic carbocycles. The van der Waals surface area contributed by atoms with Crippen LogP contribution in [0.5, 0.6) is 0 Å². The summed E-state index contributed by atoms with van der Waals surface area (Å²) in [5, 5.41) is 7.24. The van der Waals surface area contributed by atoms with Crippen LogP contribution in [0.1, 0.15) is 26.5 Å². The molecule has 82 valence electrons. The van der Waals surface area contributed by atoms with Crippen LogP contribution in [0.3, 0.4) is 0 Å². The van der Waals surface area contributed by atoms with Crippen molar-refractivity contribution < 1.29 is 0 Å². The van der Waals surface area contributed by atoms with Gasteiger partial charge in [-0.15, -0.1) is 0 Å². The van der Waals surface area contributed by atoms with Gasteiger partial charge in [0.15, 0.2) is 0 Å². The first-order valence-electron chi connectivity index (χ1n) is 5.13. The van der Waals surface area contributed by atoms with Crippen LogP contribution < -0.4 is 10.6 Å².